The van der Waals surface area contributed by atoms with Crippen LogP contribution in [0.3, 0.4) is 0 Å². The molecule has 2 N–H and O–H groups in total. The highest BCUT2D eigenvalue weighted by Gasteiger charge is 2.55. The lowest BCUT2D eigenvalue weighted by Crippen LogP contribution is -2.69. The van der Waals surface area contributed by atoms with Gasteiger partial charge in [0.25, 0.3) is 0 Å². The predicted molar refractivity (Wildman–Crippen MR) is 215 cm³/mol. The first-order valence-electron chi connectivity index (χ1n) is 17.8. The number of benzene rings is 5. The van der Waals surface area contributed by atoms with E-state index in [1.54, 1.807) is 6.07 Å². The fourth-order valence-corrected chi connectivity index (χ4v) is 16.5. The number of aliphatic hydroxyl groups excluding tert-OH is 2. The molecule has 5 aromatic rings. The second-order valence-corrected chi connectivity index (χ2v) is 25.4. The van der Waals surface area contributed by atoms with Gasteiger partial charge in [-0.2, -0.15) is 21.6 Å². The van der Waals surface area contributed by atoms with Crippen LogP contribution in [-0.2, 0) is 16.5 Å². The molecule has 1 unspecified atom stereocenters. The molecule has 1 atom stereocenters. The molecule has 0 aromatic heterocycles. The van der Waals surface area contributed by atoms with Crippen LogP contribution < -0.4 is 33.8 Å². The summed E-state index contributed by atoms with van der Waals surface area (Å²) in [5, 5.41) is 22.9. The number of halogens is 3. The zero-order valence-electron chi connectivity index (χ0n) is 31.7. The lowest BCUT2D eigenvalue weighted by Gasteiger charge is -2.44. The van der Waals surface area contributed by atoms with Gasteiger partial charge in [0, 0.05) is 24.1 Å². The summed E-state index contributed by atoms with van der Waals surface area (Å²) in [4.78, 5) is 0. The molecule has 0 radical (unpaired) electrons. The van der Waals surface area contributed by atoms with Gasteiger partial charge in [0.1, 0.15) is 11.5 Å². The molecule has 0 amide bonds. The van der Waals surface area contributed by atoms with Crippen molar-refractivity contribution >= 4 is 47.5 Å². The van der Waals surface area contributed by atoms with Crippen molar-refractivity contribution < 1.29 is 44.8 Å². The molecule has 0 aliphatic rings. The first kappa shape index (κ1) is 41.8. The first-order valence-corrected chi connectivity index (χ1v) is 23.1. The lowest BCUT2D eigenvalue weighted by molar-refractivity contribution is -0.0500. The van der Waals surface area contributed by atoms with E-state index in [1.807, 2.05) is 163 Å². The maximum atomic E-state index is 14.1. The van der Waals surface area contributed by atoms with E-state index in [0.29, 0.717) is 0 Å². The van der Waals surface area contributed by atoms with E-state index < -0.39 is 67.2 Å². The quantitative estimate of drug-likeness (QED) is 0.0778. The Kier molecular flexibility index (Phi) is 12.1. The van der Waals surface area contributed by atoms with Gasteiger partial charge in [0.15, 0.2) is 5.75 Å². The first-order chi connectivity index (χ1) is 25.8. The van der Waals surface area contributed by atoms with Crippen molar-refractivity contribution in [1.29, 1.82) is 0 Å². The molecule has 5 aromatic carbocycles. The van der Waals surface area contributed by atoms with Crippen LogP contribution in [0.25, 0.3) is 0 Å². The molecule has 13 heteroatoms. The van der Waals surface area contributed by atoms with E-state index in [4.69, 9.17) is 13.0 Å². The lowest BCUT2D eigenvalue weighted by atomic mass is 10.1. The number of rotatable bonds is 13. The molecule has 5 rings (SSSR count). The minimum Gasteiger partial charge on any atom is -0.534 e. The van der Waals surface area contributed by atoms with Crippen molar-refractivity contribution in [2.75, 3.05) is 6.61 Å². The molecule has 0 bridgehead atoms. The van der Waals surface area contributed by atoms with E-state index in [9.17, 15) is 31.8 Å². The van der Waals surface area contributed by atoms with Crippen molar-refractivity contribution in [3.63, 3.8) is 0 Å². The van der Waals surface area contributed by atoms with E-state index in [1.165, 1.54) is 0 Å². The van der Waals surface area contributed by atoms with Crippen molar-refractivity contribution in [2.24, 2.45) is 0 Å². The fourth-order valence-electron chi connectivity index (χ4n) is 7.13. The van der Waals surface area contributed by atoms with Crippen molar-refractivity contribution in [3.8, 4) is 17.2 Å². The number of hydrogen-bond acceptors (Lipinski definition) is 7. The highest BCUT2D eigenvalue weighted by Crippen LogP contribution is 2.45. The molecule has 0 spiro atoms. The molecule has 0 heterocycles. The molecule has 292 valence electrons. The summed E-state index contributed by atoms with van der Waals surface area (Å²) in [5.74, 6) is -0.797. The highest BCUT2D eigenvalue weighted by atomic mass is 32.2. The SMILES string of the molecule is CC(C)(C)[Si](Oc1cc(O[Si](c2ccccc2)(c2ccccc2)C(C)(C)C)c(CC(O)CO)c(OS(=O)(=O)C(F)(F)F)c1)(c1ccccc1)c1ccccc1. The van der Waals surface area contributed by atoms with E-state index >= 15 is 0 Å². The number of hydrogen-bond donors (Lipinski definition) is 2. The zero-order valence-corrected chi connectivity index (χ0v) is 34.5. The van der Waals surface area contributed by atoms with E-state index in [2.05, 4.69) is 0 Å². The van der Waals surface area contributed by atoms with Gasteiger partial charge in [-0.1, -0.05) is 163 Å². The van der Waals surface area contributed by atoms with Crippen LogP contribution in [0.5, 0.6) is 17.2 Å². The molecular weight excluding hydrogens is 762 g/mol. The average Bonchev–Trinajstić information content (AvgIpc) is 3.13. The van der Waals surface area contributed by atoms with Crippen LogP contribution in [-0.4, -0.2) is 53.5 Å². The predicted octanol–water partition coefficient (Wildman–Crippen LogP) is 6.69. The Morgan fingerprint density at radius 3 is 1.27 bits per heavy atom. The van der Waals surface area contributed by atoms with Gasteiger partial charge in [-0.25, -0.2) is 0 Å². The maximum absolute atomic E-state index is 14.1. The van der Waals surface area contributed by atoms with Crippen LogP contribution in [0.4, 0.5) is 13.2 Å². The third-order valence-electron chi connectivity index (χ3n) is 9.64. The third kappa shape index (κ3) is 8.41. The Morgan fingerprint density at radius 1 is 0.600 bits per heavy atom. The Balaban J connectivity index is 1.91. The van der Waals surface area contributed by atoms with Gasteiger partial charge in [0.05, 0.1) is 12.7 Å². The molecular formula is C42H47F3O7SSi2. The largest absolute Gasteiger partial charge is 0.534 e. The van der Waals surface area contributed by atoms with Gasteiger partial charge in [-0.15, -0.1) is 0 Å². The maximum Gasteiger partial charge on any atom is 0.534 e. The summed E-state index contributed by atoms with van der Waals surface area (Å²) in [6.45, 7) is 11.3. The average molecular weight is 809 g/mol. The van der Waals surface area contributed by atoms with Crippen LogP contribution in [0.2, 0.25) is 10.1 Å². The Labute approximate surface area is 323 Å². The third-order valence-corrected chi connectivity index (χ3v) is 20.5. The van der Waals surface area contributed by atoms with E-state index in [0.717, 1.165) is 26.8 Å². The summed E-state index contributed by atoms with van der Waals surface area (Å²) < 4.78 is 87.3. The second-order valence-electron chi connectivity index (χ2n) is 15.5. The monoisotopic (exact) mass is 808 g/mol. The van der Waals surface area contributed by atoms with Crippen molar-refractivity contribution in [2.45, 2.75) is 69.7 Å². The molecule has 0 saturated heterocycles. The molecule has 0 aliphatic carbocycles. The smallest absolute Gasteiger partial charge is 0.534 e. The van der Waals surface area contributed by atoms with Gasteiger partial charge >= 0.3 is 32.3 Å². The number of aliphatic hydroxyl groups is 2. The summed E-state index contributed by atoms with van der Waals surface area (Å²) in [7, 11) is -13.3. The fraction of sp³-hybridized carbons (Fsp3) is 0.286. The second kappa shape index (κ2) is 16.0. The van der Waals surface area contributed by atoms with Crippen LogP contribution >= 0.6 is 0 Å². The topological polar surface area (TPSA) is 102 Å². The molecule has 0 fully saturated rings. The summed E-state index contributed by atoms with van der Waals surface area (Å²) in [6.07, 6.45) is -2.02. The number of alkyl halides is 3. The van der Waals surface area contributed by atoms with Crippen LogP contribution in [0.1, 0.15) is 47.1 Å². The summed E-state index contributed by atoms with van der Waals surface area (Å²) in [6, 6.07) is 40.7. The Bertz CT molecular complexity index is 2060. The molecule has 0 saturated carbocycles. The van der Waals surface area contributed by atoms with Crippen LogP contribution in [0.15, 0.2) is 133 Å². The summed E-state index contributed by atoms with van der Waals surface area (Å²) in [5.41, 5.74) is -5.97. The minimum atomic E-state index is -6.23. The van der Waals surface area contributed by atoms with Gasteiger partial charge in [-0.3, -0.25) is 0 Å². The molecule has 7 nitrogen and oxygen atoms in total. The summed E-state index contributed by atoms with van der Waals surface area (Å²) >= 11 is 0. The molecule has 55 heavy (non-hydrogen) atoms. The zero-order chi connectivity index (χ0) is 40.3. The van der Waals surface area contributed by atoms with Gasteiger partial charge in [0.2, 0.25) is 0 Å². The highest BCUT2D eigenvalue weighted by molar-refractivity contribution is 7.88. The van der Waals surface area contributed by atoms with Crippen molar-refractivity contribution in [3.05, 3.63) is 139 Å². The van der Waals surface area contributed by atoms with Crippen LogP contribution in [0, 0.1) is 0 Å². The minimum absolute atomic E-state index is 0.00292. The Morgan fingerprint density at radius 2 is 0.945 bits per heavy atom. The molecule has 0 aliphatic heterocycles. The van der Waals surface area contributed by atoms with Gasteiger partial charge < -0.3 is 23.2 Å². The van der Waals surface area contributed by atoms with E-state index in [-0.39, 0.29) is 17.1 Å². The standard InChI is InChI=1S/C42H47F3O7SSi2/c1-40(2,3)54(33-19-11-7-12-20-33,34-21-13-8-14-22-34)51-32-28-38(50-53(48,49)42(43,44)45)37(27-31(47)30-46)39(29-32)52-55(41(4,5)6,35-23-15-9-16-24-35)36-25-17-10-18-26-36/h7-26,28-29,31,46-47H,27,30H2,1-6H3. The van der Waals surface area contributed by atoms with Crippen molar-refractivity contribution in [1.82, 2.24) is 0 Å². The Hall–Kier alpha value is -4.41. The van der Waals surface area contributed by atoms with Gasteiger partial charge in [-0.05, 0) is 30.8 Å². The normalized spacial score (nSPS) is 13.6.